The van der Waals surface area contributed by atoms with Crippen LogP contribution in [0, 0.1) is 0 Å². The molecule has 0 aromatic carbocycles. The van der Waals surface area contributed by atoms with Gasteiger partial charge >= 0.3 is 5.97 Å². The molecule has 0 N–H and O–H groups in total. The molecule has 2 rings (SSSR count). The van der Waals surface area contributed by atoms with Crippen molar-refractivity contribution in [3.8, 4) is 0 Å². The first-order chi connectivity index (χ1) is 12.8. The Bertz CT molecular complexity index is 682. The first-order valence-corrected chi connectivity index (χ1v) is 16.2. The summed E-state index contributed by atoms with van der Waals surface area (Å²) in [6.07, 6.45) is -1.08. The molecule has 6 nitrogen and oxygen atoms in total. The monoisotopic (exact) mass is 444 g/mol. The van der Waals surface area contributed by atoms with Gasteiger partial charge in [0.1, 0.15) is 6.10 Å². The van der Waals surface area contributed by atoms with Gasteiger partial charge in [0, 0.05) is 0 Å². The number of hydrogen-bond donors (Lipinski definition) is 0. The Balaban J connectivity index is 2.48. The van der Waals surface area contributed by atoms with Gasteiger partial charge in [0.2, 0.25) is 14.1 Å². The lowest BCUT2D eigenvalue weighted by atomic mass is 10.2. The van der Waals surface area contributed by atoms with Crippen LogP contribution in [0.5, 0.6) is 0 Å². The quantitative estimate of drug-likeness (QED) is 0.422. The molecule has 0 saturated carbocycles. The summed E-state index contributed by atoms with van der Waals surface area (Å²) in [5, 5.41) is -0.0972. The first kappa shape index (κ1) is 24.4. The van der Waals surface area contributed by atoms with Crippen molar-refractivity contribution in [3.63, 3.8) is 0 Å². The molecule has 0 aromatic rings. The summed E-state index contributed by atoms with van der Waals surface area (Å²) in [6.45, 7) is 25.5. The Kier molecular flexibility index (Phi) is 6.23. The second-order valence-corrected chi connectivity index (χ2v) is 21.1. The highest BCUT2D eigenvalue weighted by Gasteiger charge is 2.53. The van der Waals surface area contributed by atoms with Gasteiger partial charge in [-0.3, -0.25) is 0 Å². The van der Waals surface area contributed by atoms with E-state index in [1.165, 1.54) is 0 Å². The van der Waals surface area contributed by atoms with Gasteiger partial charge in [-0.15, -0.1) is 0 Å². The van der Waals surface area contributed by atoms with Crippen LogP contribution in [-0.2, 0) is 27.9 Å². The minimum atomic E-state index is -2.27. The van der Waals surface area contributed by atoms with E-state index in [1.807, 2.05) is 13.8 Å². The normalized spacial score (nSPS) is 26.0. The van der Waals surface area contributed by atoms with E-state index < -0.39 is 40.6 Å². The summed E-state index contributed by atoms with van der Waals surface area (Å²) in [6, 6.07) is 0. The summed E-state index contributed by atoms with van der Waals surface area (Å²) < 4.78 is 30.6. The average molecular weight is 445 g/mol. The van der Waals surface area contributed by atoms with E-state index in [1.54, 1.807) is 0 Å². The number of carbonyl (C=O) groups excluding carboxylic acids is 1. The maximum atomic E-state index is 12.9. The van der Waals surface area contributed by atoms with Crippen molar-refractivity contribution in [2.75, 3.05) is 6.61 Å². The van der Waals surface area contributed by atoms with Crippen LogP contribution in [0.2, 0.25) is 36.3 Å². The zero-order valence-electron chi connectivity index (χ0n) is 20.3. The van der Waals surface area contributed by atoms with Crippen molar-refractivity contribution < 1.29 is 27.9 Å². The molecule has 2 aliphatic heterocycles. The highest BCUT2D eigenvalue weighted by molar-refractivity contribution is 6.75. The largest absolute Gasteiger partial charge is 0.541 e. The Labute approximate surface area is 178 Å². The van der Waals surface area contributed by atoms with Crippen LogP contribution in [0.1, 0.15) is 55.4 Å². The van der Waals surface area contributed by atoms with Crippen LogP contribution in [0.25, 0.3) is 0 Å². The Morgan fingerprint density at radius 3 is 1.83 bits per heavy atom. The fraction of sp³-hybridized carbons (Fsp3) is 0.857. The molecule has 168 valence electrons. The predicted octanol–water partition coefficient (Wildman–Crippen LogP) is 5.32. The van der Waals surface area contributed by atoms with Crippen molar-refractivity contribution in [2.24, 2.45) is 0 Å². The second kappa shape index (κ2) is 7.39. The van der Waals surface area contributed by atoms with E-state index >= 15 is 0 Å². The third-order valence-electron chi connectivity index (χ3n) is 6.60. The van der Waals surface area contributed by atoms with Crippen molar-refractivity contribution in [1.29, 1.82) is 0 Å². The van der Waals surface area contributed by atoms with Gasteiger partial charge in [-0.05, 0) is 50.1 Å². The van der Waals surface area contributed by atoms with E-state index in [4.69, 9.17) is 23.1 Å². The third-order valence-corrected chi connectivity index (χ3v) is 15.3. The van der Waals surface area contributed by atoms with Crippen LogP contribution in [0.4, 0.5) is 0 Å². The van der Waals surface area contributed by atoms with Gasteiger partial charge < -0.3 is 23.1 Å². The lowest BCUT2D eigenvalue weighted by molar-refractivity contribution is -0.162. The number of ether oxygens (including phenoxy) is 3. The predicted molar refractivity (Wildman–Crippen MR) is 118 cm³/mol. The highest BCUT2D eigenvalue weighted by atomic mass is 28.4. The second-order valence-electron chi connectivity index (χ2n) is 11.6. The molecule has 8 heteroatoms. The molecule has 0 aliphatic carbocycles. The van der Waals surface area contributed by atoms with E-state index in [0.717, 1.165) is 0 Å². The van der Waals surface area contributed by atoms with Gasteiger partial charge in [0.15, 0.2) is 17.7 Å². The van der Waals surface area contributed by atoms with Gasteiger partial charge in [0.05, 0.1) is 6.61 Å². The molecular formula is C21H40O6Si2. The summed E-state index contributed by atoms with van der Waals surface area (Å²) in [5.41, 5.74) is 0. The summed E-state index contributed by atoms with van der Waals surface area (Å²) in [7, 11) is -4.51. The minimum Gasteiger partial charge on any atom is -0.541 e. The van der Waals surface area contributed by atoms with Gasteiger partial charge in [-0.25, -0.2) is 4.79 Å². The lowest BCUT2D eigenvalue weighted by Crippen LogP contribution is -2.44. The summed E-state index contributed by atoms with van der Waals surface area (Å²) >= 11 is 0. The molecule has 1 fully saturated rings. The lowest BCUT2D eigenvalue weighted by Gasteiger charge is -2.39. The topological polar surface area (TPSA) is 63.2 Å². The fourth-order valence-corrected chi connectivity index (χ4v) is 4.66. The van der Waals surface area contributed by atoms with Gasteiger partial charge in [0.25, 0.3) is 8.32 Å². The molecule has 2 atom stereocenters. The maximum Gasteiger partial charge on any atom is 0.376 e. The van der Waals surface area contributed by atoms with Crippen molar-refractivity contribution >= 4 is 22.6 Å². The SMILES string of the molecule is CC1(C)OCC(C2OC(=O)C(O[Si](C)(C)C(C)(C)C)=C2O[Si](C)(C)C(C)(C)C)O1. The van der Waals surface area contributed by atoms with Crippen molar-refractivity contribution in [3.05, 3.63) is 11.5 Å². The van der Waals surface area contributed by atoms with Gasteiger partial charge in [-0.1, -0.05) is 41.5 Å². The molecule has 0 bridgehead atoms. The van der Waals surface area contributed by atoms with Crippen LogP contribution >= 0.6 is 0 Å². The zero-order valence-corrected chi connectivity index (χ0v) is 22.3. The number of cyclic esters (lactones) is 1. The van der Waals surface area contributed by atoms with Crippen molar-refractivity contribution in [1.82, 2.24) is 0 Å². The molecule has 0 amide bonds. The molecule has 2 heterocycles. The van der Waals surface area contributed by atoms with E-state index in [2.05, 4.69) is 67.7 Å². The van der Waals surface area contributed by atoms with Crippen molar-refractivity contribution in [2.45, 2.75) is 110 Å². The third kappa shape index (κ3) is 5.08. The van der Waals surface area contributed by atoms with E-state index in [-0.39, 0.29) is 15.8 Å². The average Bonchev–Trinajstić information content (AvgIpc) is 2.98. The Hall–Kier alpha value is -0.836. The molecule has 1 saturated heterocycles. The van der Waals surface area contributed by atoms with Crippen LogP contribution in [0.3, 0.4) is 0 Å². The number of rotatable bonds is 5. The summed E-state index contributed by atoms with van der Waals surface area (Å²) in [4.78, 5) is 12.9. The fourth-order valence-electron chi connectivity index (χ4n) is 2.59. The highest BCUT2D eigenvalue weighted by Crippen LogP contribution is 2.44. The smallest absolute Gasteiger partial charge is 0.376 e. The van der Waals surface area contributed by atoms with Gasteiger partial charge in [-0.2, -0.15) is 0 Å². The number of esters is 1. The van der Waals surface area contributed by atoms with E-state index in [9.17, 15) is 4.79 Å². The number of carbonyl (C=O) groups is 1. The molecule has 2 unspecified atom stereocenters. The Morgan fingerprint density at radius 2 is 1.41 bits per heavy atom. The molecule has 0 spiro atoms. The van der Waals surface area contributed by atoms with E-state index in [0.29, 0.717) is 12.4 Å². The standard InChI is InChI=1S/C21H40O6Si2/c1-19(2,3)28(9,10)26-16-15(14-13-23-21(7,8)25-14)24-18(22)17(16)27-29(11,12)20(4,5)6/h14-15H,13H2,1-12H3. The minimum absolute atomic E-state index is 0.0371. The molecule has 2 aliphatic rings. The first-order valence-electron chi connectivity index (χ1n) is 10.4. The Morgan fingerprint density at radius 1 is 0.931 bits per heavy atom. The number of hydrogen-bond acceptors (Lipinski definition) is 6. The molecule has 0 aromatic heterocycles. The molecule has 0 radical (unpaired) electrons. The van der Waals surface area contributed by atoms with Crippen LogP contribution in [0.15, 0.2) is 11.5 Å². The molecular weight excluding hydrogens is 404 g/mol. The van der Waals surface area contributed by atoms with Crippen LogP contribution < -0.4 is 0 Å². The van der Waals surface area contributed by atoms with Crippen LogP contribution in [-0.4, -0.2) is 47.2 Å². The zero-order chi connectivity index (χ0) is 22.6. The summed E-state index contributed by atoms with van der Waals surface area (Å²) in [5.74, 6) is -0.485. The molecule has 29 heavy (non-hydrogen) atoms. The maximum absolute atomic E-state index is 12.9.